The molecule has 0 amide bonds. The number of likely N-dealkylation sites (tertiary alicyclic amines) is 1. The standard InChI is InChI=1S/C30H28Cl2FN5O4/c1-16(2)24-26(18(4)8-9-34-24)38-27-21(10-20(32)25(35-27)23-19(31)6-5-7-22(23)40)37(28(41)29(38)42)15-30(33)13-36(14-30)11-17(3)12-39/h5-10,12,16,40H,3,11,13-15H2,1-2,4H3. The fraction of sp³-hybridized carbons (Fsp3) is 0.300. The van der Waals surface area contributed by atoms with Gasteiger partial charge in [0.2, 0.25) is 0 Å². The van der Waals surface area contributed by atoms with Crippen LogP contribution in [0, 0.1) is 6.92 Å². The predicted octanol–water partition coefficient (Wildman–Crippen LogP) is 4.83. The maximum Gasteiger partial charge on any atom is 0.322 e. The first kappa shape index (κ1) is 29.6. The largest absolute Gasteiger partial charge is 0.507 e. The van der Waals surface area contributed by atoms with Gasteiger partial charge in [0.15, 0.2) is 11.3 Å². The lowest BCUT2D eigenvalue weighted by Gasteiger charge is -2.44. The molecule has 5 rings (SSSR count). The van der Waals surface area contributed by atoms with Crippen molar-refractivity contribution < 1.29 is 14.3 Å². The van der Waals surface area contributed by atoms with Crippen molar-refractivity contribution in [1.29, 1.82) is 0 Å². The van der Waals surface area contributed by atoms with Gasteiger partial charge in [-0.05, 0) is 48.2 Å². The summed E-state index contributed by atoms with van der Waals surface area (Å²) in [4.78, 5) is 49.4. The number of rotatable bonds is 8. The predicted molar refractivity (Wildman–Crippen MR) is 161 cm³/mol. The molecule has 1 aromatic carbocycles. The van der Waals surface area contributed by atoms with Crippen LogP contribution in [0.3, 0.4) is 0 Å². The monoisotopic (exact) mass is 611 g/mol. The number of aryl methyl sites for hydroxylation is 1. The number of carbonyl (C=O) groups excluding carboxylic acids is 1. The Labute approximate surface area is 250 Å². The van der Waals surface area contributed by atoms with Gasteiger partial charge in [0, 0.05) is 25.8 Å². The molecule has 0 spiro atoms. The molecule has 12 heteroatoms. The third kappa shape index (κ3) is 5.14. The summed E-state index contributed by atoms with van der Waals surface area (Å²) >= 11 is 13.1. The van der Waals surface area contributed by atoms with Gasteiger partial charge in [0.1, 0.15) is 12.0 Å². The molecule has 3 aromatic heterocycles. The lowest BCUT2D eigenvalue weighted by Crippen LogP contribution is -2.62. The van der Waals surface area contributed by atoms with Crippen LogP contribution in [0.1, 0.15) is 31.0 Å². The SMILES string of the molecule is C=C(C=O)CN1CC(F)(Cn2c(=O)c(=O)n(-c3c(C)ccnc3C(C)C)c3nc(-c4c(O)cccc4Cl)c(Cl)cc32)C1. The highest BCUT2D eigenvalue weighted by Crippen LogP contribution is 2.40. The number of aromatic hydroxyl groups is 1. The number of benzene rings is 1. The van der Waals surface area contributed by atoms with Gasteiger partial charge in [0.25, 0.3) is 0 Å². The summed E-state index contributed by atoms with van der Waals surface area (Å²) in [6.07, 6.45) is 2.23. The Bertz CT molecular complexity index is 1860. The molecule has 1 aliphatic heterocycles. The number of hydrogen-bond donors (Lipinski definition) is 1. The molecule has 0 saturated carbocycles. The quantitative estimate of drug-likeness (QED) is 0.172. The maximum absolute atomic E-state index is 15.9. The molecule has 1 aliphatic rings. The average molecular weight is 612 g/mol. The molecule has 0 atom stereocenters. The second kappa shape index (κ2) is 11.1. The van der Waals surface area contributed by atoms with Crippen molar-refractivity contribution in [2.24, 2.45) is 0 Å². The van der Waals surface area contributed by atoms with E-state index in [0.717, 1.165) is 4.57 Å². The molecule has 1 N–H and O–H groups in total. The van der Waals surface area contributed by atoms with E-state index in [4.69, 9.17) is 28.2 Å². The summed E-state index contributed by atoms with van der Waals surface area (Å²) in [6.45, 7) is 8.85. The number of aromatic nitrogens is 4. The van der Waals surface area contributed by atoms with Gasteiger partial charge in [0.05, 0.1) is 44.7 Å². The zero-order valence-electron chi connectivity index (χ0n) is 23.2. The fourth-order valence-corrected chi connectivity index (χ4v) is 5.90. The Hall–Kier alpha value is -3.86. The molecule has 1 saturated heterocycles. The number of pyridine rings is 2. The number of hydrogen-bond acceptors (Lipinski definition) is 7. The number of nitrogens with zero attached hydrogens (tertiary/aromatic N) is 5. The molecule has 42 heavy (non-hydrogen) atoms. The van der Waals surface area contributed by atoms with E-state index in [9.17, 15) is 19.5 Å². The van der Waals surface area contributed by atoms with Crippen molar-refractivity contribution in [2.75, 3.05) is 19.6 Å². The van der Waals surface area contributed by atoms with Gasteiger partial charge < -0.3 is 5.11 Å². The van der Waals surface area contributed by atoms with E-state index < -0.39 is 23.3 Å². The number of carbonyl (C=O) groups is 1. The lowest BCUT2D eigenvalue weighted by atomic mass is 9.95. The molecule has 0 radical (unpaired) electrons. The van der Waals surface area contributed by atoms with Gasteiger partial charge in [-0.3, -0.25) is 33.4 Å². The Morgan fingerprint density at radius 2 is 1.90 bits per heavy atom. The molecule has 218 valence electrons. The lowest BCUT2D eigenvalue weighted by molar-refractivity contribution is -0.105. The minimum absolute atomic E-state index is 0.0189. The number of fused-ring (bicyclic) bond motifs is 1. The summed E-state index contributed by atoms with van der Waals surface area (Å²) < 4.78 is 18.1. The van der Waals surface area contributed by atoms with E-state index >= 15 is 4.39 Å². The van der Waals surface area contributed by atoms with E-state index in [1.54, 1.807) is 36.2 Å². The van der Waals surface area contributed by atoms with E-state index in [2.05, 4.69) is 11.6 Å². The number of aldehydes is 1. The number of phenols is 1. The number of alkyl halides is 1. The Morgan fingerprint density at radius 3 is 2.55 bits per heavy atom. The molecule has 0 bridgehead atoms. The second-order valence-electron chi connectivity index (χ2n) is 10.9. The molecule has 0 unspecified atom stereocenters. The highest BCUT2D eigenvalue weighted by Gasteiger charge is 2.44. The van der Waals surface area contributed by atoms with Crippen molar-refractivity contribution in [3.8, 4) is 22.7 Å². The van der Waals surface area contributed by atoms with Crippen molar-refractivity contribution in [3.63, 3.8) is 0 Å². The molecule has 9 nitrogen and oxygen atoms in total. The van der Waals surface area contributed by atoms with Crippen LogP contribution >= 0.6 is 23.2 Å². The van der Waals surface area contributed by atoms with Crippen molar-refractivity contribution >= 4 is 40.7 Å². The van der Waals surface area contributed by atoms with Gasteiger partial charge in [-0.1, -0.05) is 49.7 Å². The minimum atomic E-state index is -1.86. The Balaban J connectivity index is 1.80. The van der Waals surface area contributed by atoms with Crippen LogP contribution in [0.15, 0.2) is 58.3 Å². The summed E-state index contributed by atoms with van der Waals surface area (Å²) in [5.41, 5.74) is -1.50. The second-order valence-corrected chi connectivity index (χ2v) is 11.7. The van der Waals surface area contributed by atoms with Crippen molar-refractivity contribution in [2.45, 2.75) is 38.9 Å². The van der Waals surface area contributed by atoms with Gasteiger partial charge in [-0.15, -0.1) is 0 Å². The van der Waals surface area contributed by atoms with Gasteiger partial charge >= 0.3 is 11.1 Å². The molecular weight excluding hydrogens is 584 g/mol. The van der Waals surface area contributed by atoms with Crippen molar-refractivity contribution in [3.05, 3.63) is 90.7 Å². The third-order valence-corrected chi connectivity index (χ3v) is 7.88. The molecule has 0 aliphatic carbocycles. The summed E-state index contributed by atoms with van der Waals surface area (Å²) in [5, 5.41) is 10.8. The minimum Gasteiger partial charge on any atom is -0.507 e. The van der Waals surface area contributed by atoms with Crippen LogP contribution in [0.4, 0.5) is 4.39 Å². The third-order valence-electron chi connectivity index (χ3n) is 7.27. The van der Waals surface area contributed by atoms with Crippen LogP contribution in [0.2, 0.25) is 10.0 Å². The summed E-state index contributed by atoms with van der Waals surface area (Å²) in [6, 6.07) is 7.69. The molecule has 1 fully saturated rings. The average Bonchev–Trinajstić information content (AvgIpc) is 2.91. The topological polar surface area (TPSA) is 110 Å². The molecule has 4 aromatic rings. The van der Waals surface area contributed by atoms with Crippen LogP contribution in [0.25, 0.3) is 28.1 Å². The smallest absolute Gasteiger partial charge is 0.322 e. The van der Waals surface area contributed by atoms with E-state index in [1.165, 1.54) is 16.7 Å². The maximum atomic E-state index is 15.9. The number of phenolic OH excluding ortho intramolecular Hbond substituents is 1. The molecule has 4 heterocycles. The van der Waals surface area contributed by atoms with Crippen molar-refractivity contribution in [1.82, 2.24) is 24.0 Å². The first-order chi connectivity index (χ1) is 19.8. The van der Waals surface area contributed by atoms with Crippen LogP contribution in [0.5, 0.6) is 5.75 Å². The van der Waals surface area contributed by atoms with Crippen LogP contribution in [-0.4, -0.2) is 60.7 Å². The molecular formula is C30H28Cl2FN5O4. The normalized spacial score (nSPS) is 14.7. The van der Waals surface area contributed by atoms with E-state index in [0.29, 0.717) is 28.8 Å². The zero-order chi connectivity index (χ0) is 30.5. The van der Waals surface area contributed by atoms with Gasteiger partial charge in [-0.25, -0.2) is 9.37 Å². The van der Waals surface area contributed by atoms with Crippen LogP contribution in [-0.2, 0) is 11.3 Å². The Kier molecular flexibility index (Phi) is 7.82. The number of halogens is 3. The van der Waals surface area contributed by atoms with Crippen LogP contribution < -0.4 is 11.1 Å². The highest BCUT2D eigenvalue weighted by molar-refractivity contribution is 6.37. The first-order valence-electron chi connectivity index (χ1n) is 13.2. The zero-order valence-corrected chi connectivity index (χ0v) is 24.7. The highest BCUT2D eigenvalue weighted by atomic mass is 35.5. The summed E-state index contributed by atoms with van der Waals surface area (Å²) in [7, 11) is 0. The Morgan fingerprint density at radius 1 is 1.19 bits per heavy atom. The summed E-state index contributed by atoms with van der Waals surface area (Å²) in [5.74, 6) is -0.312. The fourth-order valence-electron chi connectivity index (χ4n) is 5.40. The first-order valence-corrected chi connectivity index (χ1v) is 13.9. The van der Waals surface area contributed by atoms with E-state index in [1.807, 2.05) is 13.8 Å². The van der Waals surface area contributed by atoms with Gasteiger partial charge in [-0.2, -0.15) is 0 Å². The van der Waals surface area contributed by atoms with E-state index in [-0.39, 0.29) is 63.8 Å².